The highest BCUT2D eigenvalue weighted by molar-refractivity contribution is 5.47. The lowest BCUT2D eigenvalue weighted by Crippen LogP contribution is -2.34. The average Bonchev–Trinajstić information content (AvgIpc) is 2.37. The molecule has 0 aromatic carbocycles. The predicted molar refractivity (Wildman–Crippen MR) is 60.3 cm³/mol. The molecule has 0 aliphatic rings. The zero-order valence-electron chi connectivity index (χ0n) is 10.2. The number of rotatable bonds is 7. The van der Waals surface area contributed by atoms with Gasteiger partial charge in [-0.15, -0.1) is 0 Å². The van der Waals surface area contributed by atoms with E-state index in [1.165, 1.54) is 0 Å². The van der Waals surface area contributed by atoms with Crippen LogP contribution >= 0.6 is 0 Å². The maximum Gasteiger partial charge on any atom is 0.340 e. The number of ether oxygens (including phenoxy) is 1. The summed E-state index contributed by atoms with van der Waals surface area (Å²) in [7, 11) is 0. The smallest absolute Gasteiger partial charge is 0.340 e. The van der Waals surface area contributed by atoms with Crippen LogP contribution in [0.5, 0.6) is 5.88 Å². The number of nitrogens with zero attached hydrogens (tertiary/aromatic N) is 2. The first kappa shape index (κ1) is 15.4. The largest absolute Gasteiger partial charge is 0.471 e. The first-order chi connectivity index (χ1) is 8.92. The molecule has 1 aromatic heterocycles. The van der Waals surface area contributed by atoms with Crippen LogP contribution in [0.2, 0.25) is 0 Å². The topological polar surface area (TPSA) is 73.1 Å². The minimum Gasteiger partial charge on any atom is -0.471 e. The molecule has 0 amide bonds. The van der Waals surface area contributed by atoms with Gasteiger partial charge in [0.15, 0.2) is 6.61 Å². The summed E-state index contributed by atoms with van der Waals surface area (Å²) in [5.74, 6) is 1.02. The predicted octanol–water partition coefficient (Wildman–Crippen LogP) is 1.99. The van der Waals surface area contributed by atoms with Gasteiger partial charge in [0.1, 0.15) is 12.1 Å². The third-order valence-electron chi connectivity index (χ3n) is 2.26. The van der Waals surface area contributed by atoms with Gasteiger partial charge in [-0.25, -0.2) is 24.6 Å². The van der Waals surface area contributed by atoms with Gasteiger partial charge < -0.3 is 10.2 Å². The van der Waals surface area contributed by atoms with E-state index < -0.39 is 19.0 Å². The summed E-state index contributed by atoms with van der Waals surface area (Å²) in [6.45, 7) is 0.382. The van der Waals surface area contributed by atoms with Crippen molar-refractivity contribution in [1.29, 1.82) is 0 Å². The van der Waals surface area contributed by atoms with Gasteiger partial charge in [-0.05, 0) is 6.42 Å². The SMILES string of the molecule is CCCc1c(NN)ncnc1OCC(F)(F)C(F)F. The Labute approximate surface area is 107 Å². The van der Waals surface area contributed by atoms with E-state index >= 15 is 0 Å². The lowest BCUT2D eigenvalue weighted by molar-refractivity contribution is -0.148. The van der Waals surface area contributed by atoms with E-state index in [0.717, 1.165) is 6.33 Å². The van der Waals surface area contributed by atoms with Crippen LogP contribution in [0.15, 0.2) is 6.33 Å². The van der Waals surface area contributed by atoms with Crippen molar-refractivity contribution >= 4 is 5.82 Å². The third-order valence-corrected chi connectivity index (χ3v) is 2.26. The van der Waals surface area contributed by atoms with Crippen LogP contribution in [0.4, 0.5) is 23.4 Å². The molecule has 3 N–H and O–H groups in total. The molecule has 0 saturated carbocycles. The summed E-state index contributed by atoms with van der Waals surface area (Å²) in [6.07, 6.45) is -1.68. The molecule has 0 radical (unpaired) electrons. The molecule has 1 rings (SSSR count). The van der Waals surface area contributed by atoms with E-state index in [0.29, 0.717) is 18.4 Å². The molecule has 5 nitrogen and oxygen atoms in total. The summed E-state index contributed by atoms with van der Waals surface area (Å²) >= 11 is 0. The second kappa shape index (κ2) is 6.50. The second-order valence-corrected chi connectivity index (χ2v) is 3.75. The van der Waals surface area contributed by atoms with Crippen molar-refractivity contribution in [3.63, 3.8) is 0 Å². The highest BCUT2D eigenvalue weighted by Gasteiger charge is 2.42. The molecule has 0 bridgehead atoms. The Kier molecular flexibility index (Phi) is 5.28. The van der Waals surface area contributed by atoms with E-state index in [1.807, 2.05) is 6.92 Å². The molecule has 108 valence electrons. The van der Waals surface area contributed by atoms with Crippen molar-refractivity contribution in [1.82, 2.24) is 9.97 Å². The highest BCUT2D eigenvalue weighted by atomic mass is 19.3. The molecule has 9 heteroatoms. The molecule has 0 unspecified atom stereocenters. The number of hydrazine groups is 1. The Hall–Kier alpha value is -1.64. The highest BCUT2D eigenvalue weighted by Crippen LogP contribution is 2.27. The van der Waals surface area contributed by atoms with Gasteiger partial charge in [-0.2, -0.15) is 8.78 Å². The van der Waals surface area contributed by atoms with Crippen LogP contribution < -0.4 is 16.0 Å². The lowest BCUT2D eigenvalue weighted by Gasteiger charge is -2.17. The summed E-state index contributed by atoms with van der Waals surface area (Å²) in [4.78, 5) is 7.45. The molecule has 1 heterocycles. The Morgan fingerprint density at radius 1 is 1.42 bits per heavy atom. The fraction of sp³-hybridized carbons (Fsp3) is 0.600. The minimum atomic E-state index is -4.23. The van der Waals surface area contributed by atoms with Crippen molar-refractivity contribution in [3.05, 3.63) is 11.9 Å². The number of anilines is 1. The van der Waals surface area contributed by atoms with Crippen LogP contribution in [0.3, 0.4) is 0 Å². The number of nitrogens with one attached hydrogen (secondary N) is 1. The lowest BCUT2D eigenvalue weighted by atomic mass is 10.2. The second-order valence-electron chi connectivity index (χ2n) is 3.75. The Morgan fingerprint density at radius 3 is 2.63 bits per heavy atom. The van der Waals surface area contributed by atoms with Crippen molar-refractivity contribution in [2.24, 2.45) is 5.84 Å². The molecule has 1 aromatic rings. The molecular formula is C10H14F4N4O. The van der Waals surface area contributed by atoms with Crippen LogP contribution in [0.1, 0.15) is 18.9 Å². The molecule has 0 atom stereocenters. The summed E-state index contributed by atoms with van der Waals surface area (Å²) in [6, 6.07) is 0. The first-order valence-electron chi connectivity index (χ1n) is 5.51. The zero-order chi connectivity index (χ0) is 14.5. The fourth-order valence-corrected chi connectivity index (χ4v) is 1.35. The van der Waals surface area contributed by atoms with Crippen LogP contribution in [0, 0.1) is 0 Å². The van der Waals surface area contributed by atoms with Gasteiger partial charge in [0.2, 0.25) is 5.88 Å². The van der Waals surface area contributed by atoms with Crippen LogP contribution in [-0.4, -0.2) is 28.9 Å². The first-order valence-corrected chi connectivity index (χ1v) is 5.51. The van der Waals surface area contributed by atoms with Crippen LogP contribution in [0.25, 0.3) is 0 Å². The van der Waals surface area contributed by atoms with Gasteiger partial charge in [0.05, 0.1) is 5.56 Å². The van der Waals surface area contributed by atoms with E-state index in [4.69, 9.17) is 5.84 Å². The fourth-order valence-electron chi connectivity index (χ4n) is 1.35. The van der Waals surface area contributed by atoms with Gasteiger partial charge in [-0.1, -0.05) is 13.3 Å². The minimum absolute atomic E-state index is 0.176. The Bertz CT molecular complexity index is 417. The standard InChI is InChI=1S/C10H14F4N4O/c1-2-3-6-7(18-15)16-5-17-8(6)19-4-10(13,14)9(11)12/h5,9H,2-4,15H2,1H3,(H,16,17,18). The average molecular weight is 282 g/mol. The van der Waals surface area contributed by atoms with E-state index in [1.54, 1.807) is 0 Å². The maximum absolute atomic E-state index is 12.8. The summed E-state index contributed by atoms with van der Waals surface area (Å²) in [5.41, 5.74) is 2.65. The monoisotopic (exact) mass is 282 g/mol. The van der Waals surface area contributed by atoms with Gasteiger partial charge >= 0.3 is 12.3 Å². The number of hydrogen-bond acceptors (Lipinski definition) is 5. The molecule has 0 fully saturated rings. The maximum atomic E-state index is 12.8. The Morgan fingerprint density at radius 2 is 2.11 bits per heavy atom. The molecule has 0 spiro atoms. The number of nitrogens with two attached hydrogens (primary N) is 1. The third kappa shape index (κ3) is 3.91. The number of alkyl halides is 4. The zero-order valence-corrected chi connectivity index (χ0v) is 10.2. The summed E-state index contributed by atoms with van der Waals surface area (Å²) in [5, 5.41) is 0. The van der Waals surface area contributed by atoms with Gasteiger partial charge in [0.25, 0.3) is 0 Å². The van der Waals surface area contributed by atoms with Crippen molar-refractivity contribution in [2.75, 3.05) is 12.0 Å². The van der Waals surface area contributed by atoms with Gasteiger partial charge in [0, 0.05) is 0 Å². The quantitative estimate of drug-likeness (QED) is 0.454. The van der Waals surface area contributed by atoms with Crippen LogP contribution in [-0.2, 0) is 6.42 Å². The van der Waals surface area contributed by atoms with E-state index in [2.05, 4.69) is 20.1 Å². The van der Waals surface area contributed by atoms with Crippen molar-refractivity contribution in [3.8, 4) is 5.88 Å². The summed E-state index contributed by atoms with van der Waals surface area (Å²) < 4.78 is 54.3. The number of nitrogen functional groups attached to an aromatic ring is 1. The number of halogens is 4. The van der Waals surface area contributed by atoms with E-state index in [9.17, 15) is 17.6 Å². The normalized spacial score (nSPS) is 11.7. The Balaban J connectivity index is 2.88. The van der Waals surface area contributed by atoms with Gasteiger partial charge in [-0.3, -0.25) is 0 Å². The molecule has 0 aliphatic heterocycles. The van der Waals surface area contributed by atoms with Crippen molar-refractivity contribution < 1.29 is 22.3 Å². The molecule has 0 saturated heterocycles. The molecule has 0 aliphatic carbocycles. The molecule has 19 heavy (non-hydrogen) atoms. The number of hydrogen-bond donors (Lipinski definition) is 2. The number of aromatic nitrogens is 2. The van der Waals surface area contributed by atoms with Crippen molar-refractivity contribution in [2.45, 2.75) is 32.1 Å². The molecular weight excluding hydrogens is 268 g/mol. The van der Waals surface area contributed by atoms with E-state index in [-0.39, 0.29) is 11.7 Å².